The first-order chi connectivity index (χ1) is 10.1. The first kappa shape index (κ1) is 15.1. The van der Waals surface area contributed by atoms with Crippen LogP contribution in [0.3, 0.4) is 0 Å². The largest absolute Gasteiger partial charge is 0.481 e. The molecule has 0 bridgehead atoms. The Labute approximate surface area is 125 Å². The van der Waals surface area contributed by atoms with Crippen LogP contribution in [-0.2, 0) is 4.79 Å². The van der Waals surface area contributed by atoms with Gasteiger partial charge in [-0.15, -0.1) is 11.8 Å². The van der Waals surface area contributed by atoms with Crippen molar-refractivity contribution in [1.82, 2.24) is 0 Å². The van der Waals surface area contributed by atoms with E-state index in [-0.39, 0.29) is 11.4 Å². The van der Waals surface area contributed by atoms with Crippen molar-refractivity contribution < 1.29 is 14.8 Å². The number of hydrogen-bond donors (Lipinski definition) is 1. The van der Waals surface area contributed by atoms with Gasteiger partial charge in [-0.3, -0.25) is 14.9 Å². The lowest BCUT2D eigenvalue weighted by atomic mass is 10.0. The lowest BCUT2D eigenvalue weighted by molar-refractivity contribution is -0.387. The van der Waals surface area contributed by atoms with Crippen molar-refractivity contribution in [3.05, 3.63) is 70.3 Å². The Bertz CT molecular complexity index is 645. The second kappa shape index (κ2) is 6.90. The van der Waals surface area contributed by atoms with Crippen molar-refractivity contribution in [2.45, 2.75) is 10.8 Å². The predicted octanol–water partition coefficient (Wildman–Crippen LogP) is 3.56. The normalized spacial score (nSPS) is 11.8. The summed E-state index contributed by atoms with van der Waals surface area (Å²) < 4.78 is 0. The van der Waals surface area contributed by atoms with E-state index < -0.39 is 16.8 Å². The first-order valence-electron chi connectivity index (χ1n) is 6.23. The molecular formula is C15H13NO4S. The number of nitro groups is 1. The molecule has 0 heterocycles. The highest BCUT2D eigenvalue weighted by Gasteiger charge is 2.22. The van der Waals surface area contributed by atoms with E-state index in [0.29, 0.717) is 10.5 Å². The lowest BCUT2D eigenvalue weighted by Gasteiger charge is -2.12. The Balaban J connectivity index is 2.17. The zero-order chi connectivity index (χ0) is 15.2. The van der Waals surface area contributed by atoms with Crippen molar-refractivity contribution >= 4 is 23.4 Å². The topological polar surface area (TPSA) is 80.4 Å². The minimum absolute atomic E-state index is 0.000277. The Morgan fingerprint density at radius 3 is 2.38 bits per heavy atom. The van der Waals surface area contributed by atoms with E-state index >= 15 is 0 Å². The van der Waals surface area contributed by atoms with E-state index in [1.165, 1.54) is 17.8 Å². The van der Waals surface area contributed by atoms with Gasteiger partial charge in [0.25, 0.3) is 5.69 Å². The number of rotatable bonds is 6. The average Bonchev–Trinajstić information content (AvgIpc) is 2.48. The highest BCUT2D eigenvalue weighted by atomic mass is 32.2. The molecule has 1 atom stereocenters. The summed E-state index contributed by atoms with van der Waals surface area (Å²) in [4.78, 5) is 22.4. The number of carboxylic acids is 1. The van der Waals surface area contributed by atoms with E-state index in [0.717, 1.165) is 0 Å². The number of thioether (sulfide) groups is 1. The summed E-state index contributed by atoms with van der Waals surface area (Å²) in [5, 5.41) is 20.3. The Morgan fingerprint density at radius 2 is 1.76 bits per heavy atom. The monoisotopic (exact) mass is 303 g/mol. The van der Waals surface area contributed by atoms with Gasteiger partial charge in [0.15, 0.2) is 0 Å². The van der Waals surface area contributed by atoms with Crippen LogP contribution in [0.1, 0.15) is 11.5 Å². The molecule has 0 aliphatic heterocycles. The van der Waals surface area contributed by atoms with E-state index in [4.69, 9.17) is 0 Å². The molecule has 0 aliphatic carbocycles. The third-order valence-corrected chi connectivity index (χ3v) is 4.12. The number of benzene rings is 2. The molecule has 0 amide bonds. The molecule has 108 valence electrons. The number of para-hydroxylation sites is 1. The fourth-order valence-electron chi connectivity index (χ4n) is 1.90. The van der Waals surface area contributed by atoms with Crippen molar-refractivity contribution in [3.63, 3.8) is 0 Å². The molecule has 6 heteroatoms. The second-order valence-electron chi connectivity index (χ2n) is 4.34. The van der Waals surface area contributed by atoms with Gasteiger partial charge in [-0.25, -0.2) is 0 Å². The van der Waals surface area contributed by atoms with Gasteiger partial charge in [-0.2, -0.15) is 0 Å². The van der Waals surface area contributed by atoms with Crippen molar-refractivity contribution in [1.29, 1.82) is 0 Å². The number of carbonyl (C=O) groups is 1. The maximum absolute atomic E-state index is 11.4. The molecule has 0 aromatic heterocycles. The molecule has 1 unspecified atom stereocenters. The van der Waals surface area contributed by atoms with Gasteiger partial charge in [0.2, 0.25) is 0 Å². The SMILES string of the molecule is O=C(O)C(CSc1ccccc1[N+](=O)[O-])c1ccccc1. The van der Waals surface area contributed by atoms with E-state index in [1.54, 1.807) is 42.5 Å². The molecular weight excluding hydrogens is 290 g/mol. The van der Waals surface area contributed by atoms with Gasteiger partial charge < -0.3 is 5.11 Å². The van der Waals surface area contributed by atoms with Crippen molar-refractivity contribution in [2.75, 3.05) is 5.75 Å². The molecule has 0 fully saturated rings. The summed E-state index contributed by atoms with van der Waals surface area (Å²) in [6, 6.07) is 15.2. The molecule has 1 N–H and O–H groups in total. The van der Waals surface area contributed by atoms with Crippen LogP contribution in [0.25, 0.3) is 0 Å². The lowest BCUT2D eigenvalue weighted by Crippen LogP contribution is -2.14. The van der Waals surface area contributed by atoms with Crippen LogP contribution in [0.2, 0.25) is 0 Å². The summed E-state index contributed by atoms with van der Waals surface area (Å²) >= 11 is 1.18. The minimum Gasteiger partial charge on any atom is -0.481 e. The molecule has 5 nitrogen and oxygen atoms in total. The van der Waals surface area contributed by atoms with Crippen molar-refractivity contribution in [3.8, 4) is 0 Å². The summed E-state index contributed by atoms with van der Waals surface area (Å²) in [6.45, 7) is 0. The molecule has 2 rings (SSSR count). The molecule has 0 aliphatic rings. The maximum Gasteiger partial charge on any atom is 0.311 e. The van der Waals surface area contributed by atoms with Crippen LogP contribution in [0.4, 0.5) is 5.69 Å². The molecule has 21 heavy (non-hydrogen) atoms. The van der Waals surface area contributed by atoms with Crippen LogP contribution in [0.15, 0.2) is 59.5 Å². The molecule has 0 saturated carbocycles. The van der Waals surface area contributed by atoms with Gasteiger partial charge >= 0.3 is 5.97 Å². The summed E-state index contributed by atoms with van der Waals surface area (Å²) in [6.07, 6.45) is 0. The Kier molecular flexibility index (Phi) is 4.94. The fourth-order valence-corrected chi connectivity index (χ4v) is 3.05. The molecule has 0 spiro atoms. The first-order valence-corrected chi connectivity index (χ1v) is 7.22. The van der Waals surface area contributed by atoms with E-state index in [9.17, 15) is 20.0 Å². The zero-order valence-corrected chi connectivity index (χ0v) is 11.8. The third kappa shape index (κ3) is 3.82. The van der Waals surface area contributed by atoms with E-state index in [1.807, 2.05) is 6.07 Å². The van der Waals surface area contributed by atoms with Gasteiger partial charge in [0, 0.05) is 11.8 Å². The fraction of sp³-hybridized carbons (Fsp3) is 0.133. The van der Waals surface area contributed by atoms with Crippen LogP contribution >= 0.6 is 11.8 Å². The van der Waals surface area contributed by atoms with E-state index in [2.05, 4.69) is 0 Å². The number of aliphatic carboxylic acids is 1. The van der Waals surface area contributed by atoms with Crippen LogP contribution in [0.5, 0.6) is 0 Å². The quantitative estimate of drug-likeness (QED) is 0.501. The highest BCUT2D eigenvalue weighted by molar-refractivity contribution is 7.99. The molecule has 0 radical (unpaired) electrons. The smallest absolute Gasteiger partial charge is 0.311 e. The van der Waals surface area contributed by atoms with Crippen LogP contribution in [-0.4, -0.2) is 21.8 Å². The summed E-state index contributed by atoms with van der Waals surface area (Å²) in [5.74, 6) is -1.40. The molecule has 2 aromatic rings. The number of nitro benzene ring substituents is 1. The number of hydrogen-bond acceptors (Lipinski definition) is 4. The summed E-state index contributed by atoms with van der Waals surface area (Å²) in [5.41, 5.74) is 0.691. The maximum atomic E-state index is 11.4. The van der Waals surface area contributed by atoms with Gasteiger partial charge in [0.1, 0.15) is 0 Å². The summed E-state index contributed by atoms with van der Waals surface area (Å²) in [7, 11) is 0. The number of nitrogens with zero attached hydrogens (tertiary/aromatic N) is 1. The zero-order valence-electron chi connectivity index (χ0n) is 11.0. The van der Waals surface area contributed by atoms with Crippen LogP contribution in [0, 0.1) is 10.1 Å². The van der Waals surface area contributed by atoms with Gasteiger partial charge in [-0.1, -0.05) is 42.5 Å². The van der Waals surface area contributed by atoms with Crippen LogP contribution < -0.4 is 0 Å². The predicted molar refractivity (Wildman–Crippen MR) is 80.6 cm³/mol. The second-order valence-corrected chi connectivity index (χ2v) is 5.40. The van der Waals surface area contributed by atoms with Gasteiger partial charge in [-0.05, 0) is 11.6 Å². The standard InChI is InChI=1S/C15H13NO4S/c17-15(18)12(11-6-2-1-3-7-11)10-21-14-9-5-4-8-13(14)16(19)20/h1-9,12H,10H2,(H,17,18). The Hall–Kier alpha value is -2.34. The third-order valence-electron chi connectivity index (χ3n) is 2.97. The average molecular weight is 303 g/mol. The molecule has 2 aromatic carbocycles. The van der Waals surface area contributed by atoms with Gasteiger partial charge in [0.05, 0.1) is 15.7 Å². The molecule has 0 saturated heterocycles. The minimum atomic E-state index is -0.938. The van der Waals surface area contributed by atoms with Crippen molar-refractivity contribution in [2.24, 2.45) is 0 Å². The Morgan fingerprint density at radius 1 is 1.14 bits per heavy atom. The number of carboxylic acid groups (broad SMARTS) is 1. The highest BCUT2D eigenvalue weighted by Crippen LogP contribution is 2.32.